The van der Waals surface area contributed by atoms with E-state index in [9.17, 15) is 13.2 Å². The molecule has 0 fully saturated rings. The molecule has 33 heavy (non-hydrogen) atoms. The fourth-order valence-electron chi connectivity index (χ4n) is 3.67. The molecule has 7 heteroatoms. The van der Waals surface area contributed by atoms with Crippen LogP contribution in [-0.2, 0) is 12.6 Å². The molecule has 3 aromatic rings. The van der Waals surface area contributed by atoms with Gasteiger partial charge in [-0.2, -0.15) is 13.2 Å². The Hall–Kier alpha value is -2.83. The summed E-state index contributed by atoms with van der Waals surface area (Å²) in [5.41, 5.74) is 3.73. The van der Waals surface area contributed by atoms with E-state index in [4.69, 9.17) is 11.6 Å². The third kappa shape index (κ3) is 6.59. The van der Waals surface area contributed by atoms with E-state index < -0.39 is 11.9 Å². The van der Waals surface area contributed by atoms with Crippen LogP contribution < -0.4 is 10.6 Å². The highest BCUT2D eigenvalue weighted by atomic mass is 35.5. The quantitative estimate of drug-likeness (QED) is 0.359. The van der Waals surface area contributed by atoms with Gasteiger partial charge in [-0.3, -0.25) is 10.3 Å². The molecular formula is C26H27ClF3N3. The fourth-order valence-corrected chi connectivity index (χ4v) is 3.79. The molecule has 3 rings (SSSR count). The summed E-state index contributed by atoms with van der Waals surface area (Å²) >= 11 is 6.24. The third-order valence-corrected chi connectivity index (χ3v) is 6.02. The molecule has 0 saturated carbocycles. The molecule has 0 spiro atoms. The number of alkyl halides is 3. The minimum atomic E-state index is -4.44. The van der Waals surface area contributed by atoms with Crippen molar-refractivity contribution in [3.8, 4) is 0 Å². The number of nitrogens with zero attached hydrogens (tertiary/aromatic N) is 1. The van der Waals surface area contributed by atoms with Gasteiger partial charge in [0.05, 0.1) is 6.04 Å². The van der Waals surface area contributed by atoms with Crippen LogP contribution in [0.4, 0.5) is 13.2 Å². The van der Waals surface area contributed by atoms with Crippen LogP contribution in [0.25, 0.3) is 0 Å². The predicted octanol–water partition coefficient (Wildman–Crippen LogP) is 6.80. The van der Waals surface area contributed by atoms with Gasteiger partial charge in [0.1, 0.15) is 5.69 Å². The number of aryl methyl sites for hydroxylation is 2. The van der Waals surface area contributed by atoms with E-state index in [2.05, 4.69) is 22.2 Å². The molecule has 1 aromatic heterocycles. The monoisotopic (exact) mass is 473 g/mol. The molecule has 2 N–H and O–H groups in total. The Bertz CT molecular complexity index is 1070. The van der Waals surface area contributed by atoms with Gasteiger partial charge in [-0.05, 0) is 54.2 Å². The number of pyridine rings is 1. The number of rotatable bonds is 9. The summed E-state index contributed by atoms with van der Waals surface area (Å²) < 4.78 is 38.5. The molecule has 174 valence electrons. The second kappa shape index (κ2) is 10.9. The molecule has 0 amide bonds. The summed E-state index contributed by atoms with van der Waals surface area (Å²) in [6.45, 7) is 6.12. The zero-order chi connectivity index (χ0) is 24.0. The Morgan fingerprint density at radius 2 is 1.79 bits per heavy atom. The van der Waals surface area contributed by atoms with E-state index in [1.54, 1.807) is 0 Å². The van der Waals surface area contributed by atoms with Crippen molar-refractivity contribution < 1.29 is 13.2 Å². The normalized spacial score (nSPS) is 13.4. The Labute approximate surface area is 197 Å². The van der Waals surface area contributed by atoms with Crippen molar-refractivity contribution in [1.82, 2.24) is 15.6 Å². The van der Waals surface area contributed by atoms with Crippen LogP contribution in [0.1, 0.15) is 46.5 Å². The van der Waals surface area contributed by atoms with Crippen molar-refractivity contribution in [2.45, 2.75) is 38.0 Å². The topological polar surface area (TPSA) is 37.0 Å². The lowest BCUT2D eigenvalue weighted by molar-refractivity contribution is -0.141. The van der Waals surface area contributed by atoms with Crippen LogP contribution in [0.15, 0.2) is 79.1 Å². The van der Waals surface area contributed by atoms with Gasteiger partial charge in [-0.15, -0.1) is 0 Å². The molecule has 2 aromatic carbocycles. The molecular weight excluding hydrogens is 447 g/mol. The number of halogens is 4. The molecule has 0 saturated heterocycles. The number of hydrogen-bond donors (Lipinski definition) is 2. The van der Waals surface area contributed by atoms with E-state index in [0.717, 1.165) is 34.0 Å². The van der Waals surface area contributed by atoms with Gasteiger partial charge in [-0.1, -0.05) is 66.7 Å². The largest absolute Gasteiger partial charge is 0.433 e. The molecule has 0 radical (unpaired) electrons. The van der Waals surface area contributed by atoms with Gasteiger partial charge < -0.3 is 5.32 Å². The smallest absolute Gasteiger partial charge is 0.390 e. The molecule has 0 aliphatic heterocycles. The van der Waals surface area contributed by atoms with Gasteiger partial charge in [0.15, 0.2) is 0 Å². The molecule has 1 heterocycles. The Morgan fingerprint density at radius 3 is 2.36 bits per heavy atom. The van der Waals surface area contributed by atoms with Crippen molar-refractivity contribution in [3.63, 3.8) is 0 Å². The van der Waals surface area contributed by atoms with E-state index >= 15 is 0 Å². The first kappa shape index (κ1) is 24.8. The van der Waals surface area contributed by atoms with Gasteiger partial charge in [0.2, 0.25) is 0 Å². The minimum Gasteiger partial charge on any atom is -0.390 e. The van der Waals surface area contributed by atoms with Gasteiger partial charge in [0, 0.05) is 30.0 Å². The number of aromatic nitrogens is 1. The van der Waals surface area contributed by atoms with E-state index in [0.29, 0.717) is 17.9 Å². The van der Waals surface area contributed by atoms with Crippen LogP contribution in [0.2, 0.25) is 5.02 Å². The summed E-state index contributed by atoms with van der Waals surface area (Å²) in [5.74, 6) is 0. The zero-order valence-corrected chi connectivity index (χ0v) is 19.3. The first-order chi connectivity index (χ1) is 15.7. The standard InChI is InChI=1S/C26H27ClF3N3/c1-17-15-21(11-12-22(17)27)23(13-9-19-10-14-24(32-16-19)26(28,29)30)33-25(18(2)31-3)20-7-5-4-6-8-20/h4-8,10-12,14-16,23,25,31,33H,2,9,13H2,1,3H3. The van der Waals surface area contributed by atoms with Crippen molar-refractivity contribution >= 4 is 11.6 Å². The minimum absolute atomic E-state index is 0.0986. The molecule has 0 bridgehead atoms. The fraction of sp³-hybridized carbons (Fsp3) is 0.269. The van der Waals surface area contributed by atoms with Crippen molar-refractivity contribution in [3.05, 3.63) is 112 Å². The third-order valence-electron chi connectivity index (χ3n) is 5.59. The predicted molar refractivity (Wildman–Crippen MR) is 127 cm³/mol. The second-order valence-electron chi connectivity index (χ2n) is 7.93. The highest BCUT2D eigenvalue weighted by Gasteiger charge is 2.32. The Kier molecular flexibility index (Phi) is 8.16. The van der Waals surface area contributed by atoms with Crippen LogP contribution in [0.3, 0.4) is 0 Å². The van der Waals surface area contributed by atoms with Crippen LogP contribution in [0.5, 0.6) is 0 Å². The Balaban J connectivity index is 1.87. The second-order valence-corrected chi connectivity index (χ2v) is 8.34. The molecule has 0 aliphatic rings. The van der Waals surface area contributed by atoms with Crippen LogP contribution in [0, 0.1) is 6.92 Å². The summed E-state index contributed by atoms with van der Waals surface area (Å²) in [6.07, 6.45) is -1.94. The first-order valence-corrected chi connectivity index (χ1v) is 11.0. The summed E-state index contributed by atoms with van der Waals surface area (Å²) in [7, 11) is 1.83. The Morgan fingerprint density at radius 1 is 1.06 bits per heavy atom. The van der Waals surface area contributed by atoms with E-state index in [1.165, 1.54) is 12.3 Å². The number of benzene rings is 2. The van der Waals surface area contributed by atoms with E-state index in [1.807, 2.05) is 62.5 Å². The number of hydrogen-bond acceptors (Lipinski definition) is 3. The van der Waals surface area contributed by atoms with Crippen molar-refractivity contribution in [2.75, 3.05) is 7.05 Å². The van der Waals surface area contributed by atoms with E-state index in [-0.39, 0.29) is 12.1 Å². The maximum Gasteiger partial charge on any atom is 0.433 e. The molecule has 3 nitrogen and oxygen atoms in total. The van der Waals surface area contributed by atoms with Gasteiger partial charge in [-0.25, -0.2) is 0 Å². The average molecular weight is 474 g/mol. The summed E-state index contributed by atoms with van der Waals surface area (Å²) in [5, 5.41) is 7.51. The van der Waals surface area contributed by atoms with Gasteiger partial charge >= 0.3 is 6.18 Å². The highest BCUT2D eigenvalue weighted by Crippen LogP contribution is 2.30. The molecule has 2 unspecified atom stereocenters. The SMILES string of the molecule is C=C(NC)C(NC(CCc1ccc(C(F)(F)F)nc1)c1ccc(Cl)c(C)c1)c1ccccc1. The highest BCUT2D eigenvalue weighted by molar-refractivity contribution is 6.31. The summed E-state index contributed by atoms with van der Waals surface area (Å²) in [4.78, 5) is 3.59. The van der Waals surface area contributed by atoms with Crippen molar-refractivity contribution in [2.24, 2.45) is 0 Å². The lowest BCUT2D eigenvalue weighted by Crippen LogP contribution is -2.31. The van der Waals surface area contributed by atoms with Crippen LogP contribution in [-0.4, -0.2) is 12.0 Å². The average Bonchev–Trinajstić information content (AvgIpc) is 2.81. The summed E-state index contributed by atoms with van der Waals surface area (Å²) in [6, 6.07) is 18.1. The van der Waals surface area contributed by atoms with Crippen molar-refractivity contribution in [1.29, 1.82) is 0 Å². The number of likely N-dealkylation sites (N-methyl/N-ethyl adjacent to an activating group) is 1. The first-order valence-electron chi connectivity index (χ1n) is 10.6. The molecule has 2 atom stereocenters. The maximum atomic E-state index is 12.8. The van der Waals surface area contributed by atoms with Crippen LogP contribution >= 0.6 is 11.6 Å². The zero-order valence-electron chi connectivity index (χ0n) is 18.6. The molecule has 0 aliphatic carbocycles. The number of nitrogens with one attached hydrogen (secondary N) is 2. The maximum absolute atomic E-state index is 12.8. The lowest BCUT2D eigenvalue weighted by atomic mass is 9.95. The van der Waals surface area contributed by atoms with Gasteiger partial charge in [0.25, 0.3) is 0 Å². The lowest BCUT2D eigenvalue weighted by Gasteiger charge is -2.28.